The van der Waals surface area contributed by atoms with Gasteiger partial charge in [-0.3, -0.25) is 19.3 Å². The normalized spacial score (nSPS) is 19.2. The van der Waals surface area contributed by atoms with Crippen LogP contribution in [0, 0.1) is 0 Å². The van der Waals surface area contributed by atoms with Gasteiger partial charge in [0.2, 0.25) is 5.69 Å². The summed E-state index contributed by atoms with van der Waals surface area (Å²) in [7, 11) is 1.26. The van der Waals surface area contributed by atoms with Gasteiger partial charge in [0.25, 0.3) is 23.4 Å². The Balaban J connectivity index is 1.40. The van der Waals surface area contributed by atoms with Gasteiger partial charge in [-0.05, 0) is 6.07 Å². The van der Waals surface area contributed by atoms with Gasteiger partial charge >= 0.3 is 5.97 Å². The number of aliphatic carboxylic acids is 1. The predicted molar refractivity (Wildman–Crippen MR) is 136 cm³/mol. The zero-order valence-corrected chi connectivity index (χ0v) is 21.4. The van der Waals surface area contributed by atoms with E-state index in [1.807, 2.05) is 0 Å². The highest BCUT2D eigenvalue weighted by Gasteiger charge is 2.54. The SMILES string of the molecule is CON=C(C(=O)N[C@@H]1C(=O)N2C(C(=O)O)=C(C[n+]3cc(C(N)=O)n4ccccc43)CS[C@@H]12)c1csc(N)n1. The minimum atomic E-state index is -1.28. The minimum Gasteiger partial charge on any atom is -0.477 e. The first-order valence-corrected chi connectivity index (χ1v) is 13.0. The second kappa shape index (κ2) is 9.79. The summed E-state index contributed by atoms with van der Waals surface area (Å²) >= 11 is 2.42. The van der Waals surface area contributed by atoms with Crippen molar-refractivity contribution in [3.8, 4) is 0 Å². The predicted octanol–water partition coefficient (Wildman–Crippen LogP) is -0.846. The van der Waals surface area contributed by atoms with Crippen molar-refractivity contribution in [2.45, 2.75) is 18.0 Å². The van der Waals surface area contributed by atoms with Gasteiger partial charge in [0.05, 0.1) is 6.20 Å². The number of β-lactam (4-membered cyclic amide) rings is 1. The van der Waals surface area contributed by atoms with Crippen molar-refractivity contribution >= 4 is 63.3 Å². The molecule has 5 heterocycles. The number of thiazole rings is 1. The summed E-state index contributed by atoms with van der Waals surface area (Å²) < 4.78 is 3.31. The molecule has 2 aliphatic heterocycles. The van der Waals surface area contributed by atoms with Gasteiger partial charge in [-0.15, -0.1) is 23.1 Å². The molecule has 38 heavy (non-hydrogen) atoms. The molecule has 2 aliphatic rings. The Hall–Kier alpha value is -4.44. The fourth-order valence-corrected chi connectivity index (χ4v) is 6.25. The maximum Gasteiger partial charge on any atom is 0.352 e. The number of pyridine rings is 1. The van der Waals surface area contributed by atoms with Crippen LogP contribution in [0.3, 0.4) is 0 Å². The third-order valence-electron chi connectivity index (χ3n) is 5.98. The topological polar surface area (TPSA) is 199 Å². The van der Waals surface area contributed by atoms with Crippen molar-refractivity contribution in [1.82, 2.24) is 19.6 Å². The van der Waals surface area contributed by atoms with E-state index < -0.39 is 35.1 Å². The second-order valence-electron chi connectivity index (χ2n) is 8.25. The van der Waals surface area contributed by atoms with Crippen LogP contribution in [0.5, 0.6) is 0 Å². The van der Waals surface area contributed by atoms with Crippen molar-refractivity contribution in [1.29, 1.82) is 0 Å². The number of oxime groups is 1. The van der Waals surface area contributed by atoms with Crippen LogP contribution in [-0.4, -0.2) is 73.1 Å². The Morgan fingerprint density at radius 2 is 2.16 bits per heavy atom. The maximum atomic E-state index is 13.1. The first-order valence-electron chi connectivity index (χ1n) is 11.0. The van der Waals surface area contributed by atoms with Gasteiger partial charge < -0.3 is 26.7 Å². The van der Waals surface area contributed by atoms with Crippen molar-refractivity contribution in [3.05, 3.63) is 58.6 Å². The lowest BCUT2D eigenvalue weighted by atomic mass is 10.0. The Kier molecular flexibility index (Phi) is 6.50. The lowest BCUT2D eigenvalue weighted by Crippen LogP contribution is -2.71. The number of nitrogens with two attached hydrogens (primary N) is 2. The van der Waals surface area contributed by atoms with Gasteiger partial charge in [0.1, 0.15) is 42.7 Å². The van der Waals surface area contributed by atoms with Crippen LogP contribution in [0.4, 0.5) is 5.13 Å². The number of carbonyl (C=O) groups excluding carboxylic acids is 3. The summed E-state index contributed by atoms with van der Waals surface area (Å²) in [6.45, 7) is 0.110. The summed E-state index contributed by atoms with van der Waals surface area (Å²) in [5.74, 6) is -2.93. The monoisotopic (exact) mass is 557 g/mol. The highest BCUT2D eigenvalue weighted by atomic mass is 32.2. The number of amides is 3. The zero-order valence-electron chi connectivity index (χ0n) is 19.7. The second-order valence-corrected chi connectivity index (χ2v) is 10.2. The number of hydrogen-bond acceptors (Lipinski definition) is 10. The zero-order chi connectivity index (χ0) is 27.1. The van der Waals surface area contributed by atoms with E-state index >= 15 is 0 Å². The molecule has 5 rings (SSSR count). The largest absolute Gasteiger partial charge is 0.477 e. The van der Waals surface area contributed by atoms with E-state index in [9.17, 15) is 24.3 Å². The van der Waals surface area contributed by atoms with E-state index in [4.69, 9.17) is 16.3 Å². The molecule has 0 radical (unpaired) electrons. The molecule has 3 aromatic heterocycles. The number of rotatable bonds is 8. The van der Waals surface area contributed by atoms with Crippen molar-refractivity contribution in [2.75, 3.05) is 18.6 Å². The van der Waals surface area contributed by atoms with E-state index in [0.29, 0.717) is 11.2 Å². The molecular formula is C22H21N8O6S2+. The number of carboxylic acids is 1. The Morgan fingerprint density at radius 3 is 2.82 bits per heavy atom. The number of carbonyl (C=O) groups is 4. The molecule has 16 heteroatoms. The highest BCUT2D eigenvalue weighted by molar-refractivity contribution is 8.00. The van der Waals surface area contributed by atoms with Crippen LogP contribution >= 0.6 is 23.1 Å². The van der Waals surface area contributed by atoms with E-state index in [-0.39, 0.29) is 40.2 Å². The fraction of sp³-hybridized carbons (Fsp3) is 0.227. The lowest BCUT2D eigenvalue weighted by Gasteiger charge is -2.49. The molecule has 0 saturated carbocycles. The molecule has 14 nitrogen and oxygen atoms in total. The van der Waals surface area contributed by atoms with Crippen LogP contribution in [0.25, 0.3) is 5.65 Å². The van der Waals surface area contributed by atoms with Crippen LogP contribution in [0.1, 0.15) is 16.2 Å². The van der Waals surface area contributed by atoms with Crippen molar-refractivity contribution in [3.63, 3.8) is 0 Å². The van der Waals surface area contributed by atoms with Gasteiger partial charge in [0.15, 0.2) is 10.8 Å². The standard InChI is InChI=1S/C22H20N8O6S2/c1-36-27-14(11-9-38-22(24)25-11)18(32)26-15-19(33)30-16(21(34)35)10(8-37-20(15)30)6-28-7-12(17(23)31)29-5-3-2-4-13(28)29/h2-5,7,9,15,20H,6,8H2,1H3,(H5-,23,24,25,26,31,32,34,35)/p+1/t15-,20+/m1/s1. The molecular weight excluding hydrogens is 536 g/mol. The first kappa shape index (κ1) is 25.2. The molecule has 0 unspecified atom stereocenters. The van der Waals surface area contributed by atoms with E-state index in [1.165, 1.54) is 29.2 Å². The molecule has 0 aliphatic carbocycles. The third-order valence-corrected chi connectivity index (χ3v) is 8.00. The maximum absolute atomic E-state index is 13.1. The summed E-state index contributed by atoms with van der Waals surface area (Å²) in [6, 6.07) is 4.31. The highest BCUT2D eigenvalue weighted by Crippen LogP contribution is 2.40. The van der Waals surface area contributed by atoms with Gasteiger partial charge in [-0.2, -0.15) is 4.40 Å². The molecule has 0 bridgehead atoms. The number of anilines is 1. The first-order chi connectivity index (χ1) is 18.2. The Morgan fingerprint density at radius 1 is 1.37 bits per heavy atom. The van der Waals surface area contributed by atoms with E-state index in [2.05, 4.69) is 15.5 Å². The van der Waals surface area contributed by atoms with Crippen LogP contribution < -0.4 is 21.4 Å². The molecule has 1 fully saturated rings. The fourth-order valence-electron chi connectivity index (χ4n) is 4.37. The van der Waals surface area contributed by atoms with Crippen LogP contribution in [0.15, 0.2) is 52.4 Å². The summed E-state index contributed by atoms with van der Waals surface area (Å²) in [5.41, 5.74) is 12.3. The number of fused-ring (bicyclic) bond motifs is 2. The minimum absolute atomic E-state index is 0.110. The molecule has 2 atom stereocenters. The number of aromatic nitrogens is 3. The molecule has 3 amide bonds. The smallest absolute Gasteiger partial charge is 0.352 e. The summed E-state index contributed by atoms with van der Waals surface area (Å²) in [4.78, 5) is 60.2. The van der Waals surface area contributed by atoms with Crippen molar-refractivity contribution in [2.24, 2.45) is 10.9 Å². The average molecular weight is 558 g/mol. The number of imidazole rings is 1. The van der Waals surface area contributed by atoms with E-state index in [1.54, 1.807) is 39.6 Å². The van der Waals surface area contributed by atoms with Crippen molar-refractivity contribution < 1.29 is 33.7 Å². The van der Waals surface area contributed by atoms with Crippen LogP contribution in [0.2, 0.25) is 0 Å². The molecule has 3 aromatic rings. The molecule has 0 aromatic carbocycles. The quantitative estimate of drug-likeness (QED) is 0.118. The molecule has 6 N–H and O–H groups in total. The van der Waals surface area contributed by atoms with Gasteiger partial charge in [0, 0.05) is 22.8 Å². The lowest BCUT2D eigenvalue weighted by molar-refractivity contribution is -0.662. The van der Waals surface area contributed by atoms with Gasteiger partial charge in [-0.25, -0.2) is 14.3 Å². The number of thioether (sulfide) groups is 1. The van der Waals surface area contributed by atoms with E-state index in [0.717, 1.165) is 11.3 Å². The average Bonchev–Trinajstić information content (AvgIpc) is 3.49. The Labute approximate surface area is 222 Å². The number of primary amides is 1. The summed E-state index contributed by atoms with van der Waals surface area (Å²) in [5, 5.41) is 17.5. The van der Waals surface area contributed by atoms with Gasteiger partial charge in [-0.1, -0.05) is 11.2 Å². The third kappa shape index (κ3) is 4.22. The van der Waals surface area contributed by atoms with Crippen LogP contribution in [-0.2, 0) is 25.8 Å². The molecule has 0 spiro atoms. The molecule has 1 saturated heterocycles. The Bertz CT molecular complexity index is 1560. The number of nitrogens with zero attached hydrogens (tertiary/aromatic N) is 5. The summed E-state index contributed by atoms with van der Waals surface area (Å²) in [6.07, 6.45) is 3.22. The number of nitrogens with one attached hydrogen (secondary N) is 1. The number of carboxylic acid groups (broad SMARTS) is 1. The molecule has 196 valence electrons. The number of nitrogen functional groups attached to an aromatic ring is 1. The number of hydrogen-bond donors (Lipinski definition) is 4.